The number of hydrogen-bond donors (Lipinski definition) is 1. The first-order valence-corrected chi connectivity index (χ1v) is 6.03. The van der Waals surface area contributed by atoms with E-state index in [9.17, 15) is 0 Å². The van der Waals surface area contributed by atoms with Gasteiger partial charge in [-0.3, -0.25) is 5.41 Å². The van der Waals surface area contributed by atoms with Crippen LogP contribution in [0.3, 0.4) is 0 Å². The number of ether oxygens (including phenoxy) is 1. The highest BCUT2D eigenvalue weighted by atomic mass is 32.2. The molecule has 0 aromatic heterocycles. The van der Waals surface area contributed by atoms with Crippen molar-refractivity contribution in [1.82, 2.24) is 0 Å². The first kappa shape index (κ1) is 12.1. The number of aryl methyl sites for hydroxylation is 1. The van der Waals surface area contributed by atoms with E-state index in [1.807, 2.05) is 33.1 Å². The molecule has 0 atom stereocenters. The Morgan fingerprint density at radius 3 is 2.33 bits per heavy atom. The molecule has 0 aliphatic heterocycles. The zero-order valence-corrected chi connectivity index (χ0v) is 10.7. The van der Waals surface area contributed by atoms with Crippen LogP contribution in [0, 0.1) is 26.2 Å². The summed E-state index contributed by atoms with van der Waals surface area (Å²) in [6.07, 6.45) is 1.93. The summed E-state index contributed by atoms with van der Waals surface area (Å²) < 4.78 is 5.30. The van der Waals surface area contributed by atoms with Crippen LogP contribution in [0.2, 0.25) is 0 Å². The highest BCUT2D eigenvalue weighted by molar-refractivity contribution is 8.13. The van der Waals surface area contributed by atoms with Crippen molar-refractivity contribution in [3.8, 4) is 5.75 Å². The van der Waals surface area contributed by atoms with Gasteiger partial charge in [-0.15, -0.1) is 11.8 Å². The van der Waals surface area contributed by atoms with Gasteiger partial charge in [0.1, 0.15) is 5.75 Å². The SMILES string of the molecule is COc1cc(C)c(C(=N)SC)c(C)c1C. The molecule has 0 unspecified atom stereocenters. The summed E-state index contributed by atoms with van der Waals surface area (Å²) in [6.45, 7) is 6.10. The lowest BCUT2D eigenvalue weighted by molar-refractivity contribution is 0.411. The van der Waals surface area contributed by atoms with Crippen LogP contribution in [0.15, 0.2) is 6.07 Å². The number of benzene rings is 1. The minimum atomic E-state index is 0.621. The predicted molar refractivity (Wildman–Crippen MR) is 67.5 cm³/mol. The molecule has 2 nitrogen and oxygen atoms in total. The normalized spacial score (nSPS) is 10.2. The maximum absolute atomic E-state index is 7.91. The van der Waals surface area contributed by atoms with Crippen molar-refractivity contribution < 1.29 is 4.74 Å². The zero-order chi connectivity index (χ0) is 11.6. The summed E-state index contributed by atoms with van der Waals surface area (Å²) in [5.41, 5.74) is 4.42. The molecule has 0 saturated heterocycles. The Morgan fingerprint density at radius 2 is 1.87 bits per heavy atom. The molecule has 1 aromatic carbocycles. The third-order valence-electron chi connectivity index (χ3n) is 2.70. The van der Waals surface area contributed by atoms with Crippen LogP contribution in [0.4, 0.5) is 0 Å². The largest absolute Gasteiger partial charge is 0.496 e. The maximum atomic E-state index is 7.91. The lowest BCUT2D eigenvalue weighted by Crippen LogP contribution is -2.03. The molecule has 1 N–H and O–H groups in total. The molecule has 3 heteroatoms. The maximum Gasteiger partial charge on any atom is 0.122 e. The smallest absolute Gasteiger partial charge is 0.122 e. The second-order valence-corrected chi connectivity index (χ2v) is 4.37. The molecular formula is C12H17NOS. The molecule has 1 rings (SSSR count). The van der Waals surface area contributed by atoms with E-state index >= 15 is 0 Å². The average Bonchev–Trinajstić information content (AvgIpc) is 2.23. The second-order valence-electron chi connectivity index (χ2n) is 3.55. The van der Waals surface area contributed by atoms with Crippen molar-refractivity contribution in [2.75, 3.05) is 13.4 Å². The van der Waals surface area contributed by atoms with Gasteiger partial charge < -0.3 is 4.74 Å². The molecule has 0 aliphatic rings. The molecular weight excluding hydrogens is 206 g/mol. The molecule has 0 radical (unpaired) electrons. The van der Waals surface area contributed by atoms with Crippen molar-refractivity contribution in [1.29, 1.82) is 5.41 Å². The van der Waals surface area contributed by atoms with Crippen molar-refractivity contribution in [3.63, 3.8) is 0 Å². The summed E-state index contributed by atoms with van der Waals surface area (Å²) in [6, 6.07) is 2.00. The molecule has 0 spiro atoms. The summed E-state index contributed by atoms with van der Waals surface area (Å²) >= 11 is 1.47. The van der Waals surface area contributed by atoms with E-state index in [4.69, 9.17) is 10.1 Å². The Kier molecular flexibility index (Phi) is 3.80. The Bertz CT molecular complexity index is 399. The van der Waals surface area contributed by atoms with Crippen molar-refractivity contribution >= 4 is 16.8 Å². The fourth-order valence-corrected chi connectivity index (χ4v) is 2.23. The monoisotopic (exact) mass is 223 g/mol. The minimum absolute atomic E-state index is 0.621. The standard InChI is InChI=1S/C12H17NOS/c1-7-6-10(14-4)8(2)9(3)11(7)12(13)15-5/h6,13H,1-5H3. The van der Waals surface area contributed by atoms with E-state index in [2.05, 4.69) is 0 Å². The van der Waals surface area contributed by atoms with Crippen molar-refractivity contribution in [2.45, 2.75) is 20.8 Å². The topological polar surface area (TPSA) is 33.1 Å². The molecule has 0 amide bonds. The molecule has 0 fully saturated rings. The third kappa shape index (κ3) is 2.17. The van der Waals surface area contributed by atoms with Gasteiger partial charge in [0, 0.05) is 5.56 Å². The molecule has 0 saturated carbocycles. The van der Waals surface area contributed by atoms with Crippen LogP contribution in [0.1, 0.15) is 22.3 Å². The van der Waals surface area contributed by atoms with Gasteiger partial charge in [0.2, 0.25) is 0 Å². The van der Waals surface area contributed by atoms with Gasteiger partial charge in [0.15, 0.2) is 0 Å². The Labute approximate surface area is 95.5 Å². The predicted octanol–water partition coefficient (Wildman–Crippen LogP) is 3.31. The van der Waals surface area contributed by atoms with E-state index in [0.717, 1.165) is 28.0 Å². The van der Waals surface area contributed by atoms with Crippen LogP contribution < -0.4 is 4.74 Å². The lowest BCUT2D eigenvalue weighted by atomic mass is 9.98. The number of nitrogens with one attached hydrogen (secondary N) is 1. The van der Waals surface area contributed by atoms with Crippen LogP contribution in [0.5, 0.6) is 5.75 Å². The lowest BCUT2D eigenvalue weighted by Gasteiger charge is -2.15. The minimum Gasteiger partial charge on any atom is -0.496 e. The van der Waals surface area contributed by atoms with Crippen LogP contribution in [-0.2, 0) is 0 Å². The number of hydrogen-bond acceptors (Lipinski definition) is 3. The summed E-state index contributed by atoms with van der Waals surface area (Å²) in [5, 5.41) is 8.53. The first-order valence-electron chi connectivity index (χ1n) is 4.80. The Morgan fingerprint density at radius 1 is 1.27 bits per heavy atom. The van der Waals surface area contributed by atoms with Crippen molar-refractivity contribution in [2.24, 2.45) is 0 Å². The Hall–Kier alpha value is -0.960. The van der Waals surface area contributed by atoms with Gasteiger partial charge in [-0.25, -0.2) is 0 Å². The van der Waals surface area contributed by atoms with E-state index in [0.29, 0.717) is 5.04 Å². The molecule has 15 heavy (non-hydrogen) atoms. The zero-order valence-electron chi connectivity index (χ0n) is 9.89. The molecule has 0 heterocycles. The van der Waals surface area contributed by atoms with Crippen LogP contribution in [-0.4, -0.2) is 18.4 Å². The van der Waals surface area contributed by atoms with Gasteiger partial charge in [-0.1, -0.05) is 0 Å². The first-order chi connectivity index (χ1) is 7.02. The Balaban J connectivity index is 3.42. The highest BCUT2D eigenvalue weighted by Gasteiger charge is 2.13. The van der Waals surface area contributed by atoms with Gasteiger partial charge >= 0.3 is 0 Å². The molecule has 82 valence electrons. The number of thioether (sulfide) groups is 1. The van der Waals surface area contributed by atoms with Crippen LogP contribution >= 0.6 is 11.8 Å². The quantitative estimate of drug-likeness (QED) is 0.616. The second kappa shape index (κ2) is 4.71. The van der Waals surface area contributed by atoms with Crippen LogP contribution in [0.25, 0.3) is 0 Å². The van der Waals surface area contributed by atoms with Gasteiger partial charge in [0.05, 0.1) is 12.2 Å². The van der Waals surface area contributed by atoms with Gasteiger partial charge in [-0.05, 0) is 49.8 Å². The van der Waals surface area contributed by atoms with Gasteiger partial charge in [-0.2, -0.15) is 0 Å². The fourth-order valence-electron chi connectivity index (χ4n) is 1.71. The average molecular weight is 223 g/mol. The number of rotatable bonds is 2. The highest BCUT2D eigenvalue weighted by Crippen LogP contribution is 2.29. The van der Waals surface area contributed by atoms with Gasteiger partial charge in [0.25, 0.3) is 0 Å². The van der Waals surface area contributed by atoms with E-state index < -0.39 is 0 Å². The molecule has 0 aliphatic carbocycles. The van der Waals surface area contributed by atoms with E-state index in [1.165, 1.54) is 11.8 Å². The van der Waals surface area contributed by atoms with E-state index in [1.54, 1.807) is 7.11 Å². The van der Waals surface area contributed by atoms with Crippen molar-refractivity contribution in [3.05, 3.63) is 28.3 Å². The number of methoxy groups -OCH3 is 1. The fraction of sp³-hybridized carbons (Fsp3) is 0.417. The molecule has 1 aromatic rings. The van der Waals surface area contributed by atoms with E-state index in [-0.39, 0.29) is 0 Å². The third-order valence-corrected chi connectivity index (χ3v) is 3.31. The molecule has 0 bridgehead atoms. The summed E-state index contributed by atoms with van der Waals surface area (Å²) in [7, 11) is 1.68. The summed E-state index contributed by atoms with van der Waals surface area (Å²) in [5.74, 6) is 0.905. The summed E-state index contributed by atoms with van der Waals surface area (Å²) in [4.78, 5) is 0.